The second-order valence-corrected chi connectivity index (χ2v) is 7.59. The van der Waals surface area contributed by atoms with Gasteiger partial charge in [0.25, 0.3) is 0 Å². The third-order valence-electron chi connectivity index (χ3n) is 4.70. The van der Waals surface area contributed by atoms with E-state index in [-0.39, 0.29) is 22.9 Å². The van der Waals surface area contributed by atoms with Crippen molar-refractivity contribution in [2.75, 3.05) is 5.32 Å². The molecule has 0 saturated heterocycles. The van der Waals surface area contributed by atoms with Gasteiger partial charge in [-0.2, -0.15) is 18.3 Å². The van der Waals surface area contributed by atoms with Crippen molar-refractivity contribution in [1.82, 2.24) is 5.43 Å². The van der Waals surface area contributed by atoms with Crippen molar-refractivity contribution in [3.63, 3.8) is 0 Å². The lowest BCUT2D eigenvalue weighted by atomic mass is 10.1. The zero-order valence-electron chi connectivity index (χ0n) is 18.1. The Balaban J connectivity index is 1.56. The van der Waals surface area contributed by atoms with Gasteiger partial charge < -0.3 is 10.1 Å². The summed E-state index contributed by atoms with van der Waals surface area (Å²) in [5, 5.41) is 6.16. The monoisotopic (exact) mass is 507 g/mol. The number of hydrazone groups is 1. The van der Waals surface area contributed by atoms with E-state index in [2.05, 4.69) is 10.4 Å². The van der Waals surface area contributed by atoms with Crippen molar-refractivity contribution in [2.24, 2.45) is 5.10 Å². The van der Waals surface area contributed by atoms with Gasteiger partial charge in [0, 0.05) is 11.3 Å². The molecule has 6 nitrogen and oxygen atoms in total. The molecule has 182 valence electrons. The van der Waals surface area contributed by atoms with Crippen LogP contribution < -0.4 is 15.5 Å². The molecule has 0 saturated carbocycles. The Morgan fingerprint density at radius 3 is 2.34 bits per heavy atom. The molecular formula is C24H18ClF4N3O3. The first-order chi connectivity index (χ1) is 16.5. The van der Waals surface area contributed by atoms with Crippen LogP contribution in [0.25, 0.3) is 0 Å². The van der Waals surface area contributed by atoms with Crippen molar-refractivity contribution < 1.29 is 31.9 Å². The van der Waals surface area contributed by atoms with Crippen molar-refractivity contribution in [3.05, 3.63) is 94.3 Å². The van der Waals surface area contributed by atoms with Gasteiger partial charge in [-0.05, 0) is 67.1 Å². The number of hydrogen-bond donors (Lipinski definition) is 2. The predicted octanol–water partition coefficient (Wildman–Crippen LogP) is 5.56. The number of hydrogen-bond acceptors (Lipinski definition) is 4. The Morgan fingerprint density at radius 1 is 1.00 bits per heavy atom. The summed E-state index contributed by atoms with van der Waals surface area (Å²) in [6.07, 6.45) is -4.59. The lowest BCUT2D eigenvalue weighted by molar-refractivity contribution is -0.137. The van der Waals surface area contributed by atoms with Crippen LogP contribution in [0.4, 0.5) is 23.2 Å². The molecule has 0 spiro atoms. The van der Waals surface area contributed by atoms with Crippen molar-refractivity contribution in [1.29, 1.82) is 0 Å². The average Bonchev–Trinajstić information content (AvgIpc) is 2.82. The Kier molecular flexibility index (Phi) is 8.08. The predicted molar refractivity (Wildman–Crippen MR) is 123 cm³/mol. The van der Waals surface area contributed by atoms with Gasteiger partial charge in [0.1, 0.15) is 18.2 Å². The van der Waals surface area contributed by atoms with Crippen LogP contribution in [0.15, 0.2) is 71.8 Å². The number of carbonyl (C=O) groups excluding carboxylic acids is 2. The summed E-state index contributed by atoms with van der Waals surface area (Å²) >= 11 is 5.97. The Bertz CT molecular complexity index is 1240. The Labute approximate surface area is 202 Å². The van der Waals surface area contributed by atoms with Crippen LogP contribution in [0.1, 0.15) is 23.6 Å². The fourth-order valence-electron chi connectivity index (χ4n) is 2.83. The number of rotatable bonds is 6. The minimum absolute atomic E-state index is 0.0744. The second-order valence-electron chi connectivity index (χ2n) is 7.18. The first-order valence-electron chi connectivity index (χ1n) is 10.0. The zero-order chi connectivity index (χ0) is 25.6. The summed E-state index contributed by atoms with van der Waals surface area (Å²) < 4.78 is 57.7. The summed E-state index contributed by atoms with van der Waals surface area (Å²) in [4.78, 5) is 24.0. The molecule has 0 fully saturated rings. The molecule has 2 N–H and O–H groups in total. The van der Waals surface area contributed by atoms with Crippen LogP contribution >= 0.6 is 11.6 Å². The number of ether oxygens (including phenoxy) is 1. The third kappa shape index (κ3) is 7.03. The van der Waals surface area contributed by atoms with E-state index in [0.717, 1.165) is 12.1 Å². The van der Waals surface area contributed by atoms with Gasteiger partial charge in [-0.1, -0.05) is 23.7 Å². The van der Waals surface area contributed by atoms with Crippen molar-refractivity contribution in [3.8, 4) is 5.75 Å². The summed E-state index contributed by atoms with van der Waals surface area (Å²) in [5.41, 5.74) is 2.04. The molecule has 3 rings (SSSR count). The molecule has 0 atom stereocenters. The Hall–Kier alpha value is -3.92. The molecule has 3 aromatic rings. The fourth-order valence-corrected chi connectivity index (χ4v) is 3.05. The van der Waals surface area contributed by atoms with Gasteiger partial charge in [0.05, 0.1) is 16.3 Å². The number of benzene rings is 3. The highest BCUT2D eigenvalue weighted by molar-refractivity contribution is 6.39. The summed E-state index contributed by atoms with van der Waals surface area (Å²) in [5.74, 6) is -2.39. The van der Waals surface area contributed by atoms with Crippen LogP contribution in [-0.4, -0.2) is 17.5 Å². The minimum atomic E-state index is -4.59. The topological polar surface area (TPSA) is 79.8 Å². The molecule has 3 aromatic carbocycles. The van der Waals surface area contributed by atoms with Crippen LogP contribution in [0.5, 0.6) is 5.75 Å². The molecule has 11 heteroatoms. The minimum Gasteiger partial charge on any atom is -0.489 e. The van der Waals surface area contributed by atoms with Gasteiger partial charge in [-0.15, -0.1) is 0 Å². The van der Waals surface area contributed by atoms with Crippen LogP contribution in [0, 0.1) is 5.82 Å². The summed E-state index contributed by atoms with van der Waals surface area (Å²) in [7, 11) is 0. The van der Waals surface area contributed by atoms with Gasteiger partial charge in [0.15, 0.2) is 0 Å². The highest BCUT2D eigenvalue weighted by Crippen LogP contribution is 2.30. The van der Waals surface area contributed by atoms with E-state index in [9.17, 15) is 27.2 Å². The maximum atomic E-state index is 13.8. The number of alkyl halides is 3. The first-order valence-corrected chi connectivity index (χ1v) is 10.4. The van der Waals surface area contributed by atoms with Crippen LogP contribution in [0.2, 0.25) is 5.02 Å². The van der Waals surface area contributed by atoms with E-state index in [0.29, 0.717) is 23.1 Å². The Morgan fingerprint density at radius 2 is 1.69 bits per heavy atom. The third-order valence-corrected chi connectivity index (χ3v) is 5.05. The van der Waals surface area contributed by atoms with E-state index in [4.69, 9.17) is 16.3 Å². The summed E-state index contributed by atoms with van der Waals surface area (Å²) in [6, 6.07) is 14.7. The van der Waals surface area contributed by atoms with Crippen LogP contribution in [-0.2, 0) is 22.4 Å². The molecule has 2 amide bonds. The number of halogens is 5. The fraction of sp³-hybridized carbons (Fsp3) is 0.125. The number of nitrogens with zero attached hydrogens (tertiary/aromatic N) is 1. The maximum absolute atomic E-state index is 13.8. The molecule has 0 aromatic heterocycles. The molecule has 0 bridgehead atoms. The van der Waals surface area contributed by atoms with E-state index in [1.807, 2.05) is 5.43 Å². The molecule has 0 aliphatic heterocycles. The molecule has 0 unspecified atom stereocenters. The smallest absolute Gasteiger partial charge is 0.416 e. The van der Waals surface area contributed by atoms with E-state index in [1.54, 1.807) is 37.3 Å². The van der Waals surface area contributed by atoms with Gasteiger partial charge >= 0.3 is 18.0 Å². The van der Waals surface area contributed by atoms with Gasteiger partial charge in [-0.25, -0.2) is 9.82 Å². The standard InChI is InChI=1S/C24H18ClF4N3O3/c1-14(15-8-10-18(11-9-15)35-13-19-20(25)6-3-7-21(19)26)31-32-23(34)22(33)30-17-5-2-4-16(12-17)24(27,28)29/h2-12H,13H2,1H3,(H,30,33)(H,32,34)/b31-14+. The molecule has 0 radical (unpaired) electrons. The quantitative estimate of drug-likeness (QED) is 0.198. The second kappa shape index (κ2) is 11.0. The summed E-state index contributed by atoms with van der Waals surface area (Å²) in [6.45, 7) is 1.49. The normalized spacial score (nSPS) is 11.7. The molecule has 0 heterocycles. The number of amides is 2. The molecular weight excluding hydrogens is 490 g/mol. The lowest BCUT2D eigenvalue weighted by Gasteiger charge is -2.10. The van der Waals surface area contributed by atoms with Gasteiger partial charge in [-0.3, -0.25) is 9.59 Å². The van der Waals surface area contributed by atoms with Crippen molar-refractivity contribution >= 4 is 34.8 Å². The number of carbonyl (C=O) groups is 2. The number of nitrogens with one attached hydrogen (secondary N) is 2. The lowest BCUT2D eigenvalue weighted by Crippen LogP contribution is -2.33. The van der Waals surface area contributed by atoms with Gasteiger partial charge in [0.2, 0.25) is 0 Å². The van der Waals surface area contributed by atoms with E-state index < -0.39 is 29.4 Å². The molecule has 0 aliphatic rings. The van der Waals surface area contributed by atoms with Crippen molar-refractivity contribution in [2.45, 2.75) is 19.7 Å². The first kappa shape index (κ1) is 25.7. The maximum Gasteiger partial charge on any atom is 0.416 e. The van der Waals surface area contributed by atoms with E-state index >= 15 is 0 Å². The zero-order valence-corrected chi connectivity index (χ0v) is 18.9. The number of anilines is 1. The average molecular weight is 508 g/mol. The highest BCUT2D eigenvalue weighted by Gasteiger charge is 2.30. The van der Waals surface area contributed by atoms with E-state index in [1.165, 1.54) is 18.2 Å². The highest BCUT2D eigenvalue weighted by atomic mass is 35.5. The largest absolute Gasteiger partial charge is 0.489 e. The molecule has 35 heavy (non-hydrogen) atoms. The van der Waals surface area contributed by atoms with Crippen LogP contribution in [0.3, 0.4) is 0 Å². The molecule has 0 aliphatic carbocycles. The SMILES string of the molecule is C/C(=N\NC(=O)C(=O)Nc1cccc(C(F)(F)F)c1)c1ccc(OCc2c(F)cccc2Cl)cc1.